The summed E-state index contributed by atoms with van der Waals surface area (Å²) in [7, 11) is 0. The van der Waals surface area contributed by atoms with Crippen LogP contribution in [0.2, 0.25) is 0 Å². The molecule has 1 saturated carbocycles. The molecule has 0 atom stereocenters. The molecule has 1 fully saturated rings. The molecule has 1 aromatic carbocycles. The van der Waals surface area contributed by atoms with Gasteiger partial charge >= 0.3 is 0 Å². The highest BCUT2D eigenvalue weighted by Crippen LogP contribution is 2.23. The van der Waals surface area contributed by atoms with E-state index in [1.807, 2.05) is 0 Å². The molecule has 0 radical (unpaired) electrons. The molecule has 94 valence electrons. The number of nitrogens with one attached hydrogen (secondary N) is 1. The fraction of sp³-hybridized carbons (Fsp3) is 0.625. The maximum atomic E-state index is 3.62. The zero-order valence-electron chi connectivity index (χ0n) is 11.3. The molecule has 1 aliphatic carbocycles. The van der Waals surface area contributed by atoms with Gasteiger partial charge in [-0.25, -0.2) is 0 Å². The average molecular weight is 231 g/mol. The van der Waals surface area contributed by atoms with Crippen LogP contribution in [0.1, 0.15) is 42.4 Å². The van der Waals surface area contributed by atoms with Crippen molar-refractivity contribution in [1.82, 2.24) is 5.32 Å². The first-order valence-corrected chi connectivity index (χ1v) is 7.02. The summed E-state index contributed by atoms with van der Waals surface area (Å²) < 4.78 is 0. The Bertz CT molecular complexity index is 351. The zero-order valence-corrected chi connectivity index (χ0v) is 11.3. The molecule has 1 nitrogen and oxygen atoms in total. The second-order valence-electron chi connectivity index (χ2n) is 5.53. The number of hydrogen-bond acceptors (Lipinski definition) is 1. The van der Waals surface area contributed by atoms with Crippen molar-refractivity contribution in [2.75, 3.05) is 13.1 Å². The molecule has 0 spiro atoms. The van der Waals surface area contributed by atoms with Crippen LogP contribution in [0.25, 0.3) is 0 Å². The minimum Gasteiger partial charge on any atom is -0.316 e. The van der Waals surface area contributed by atoms with Gasteiger partial charge in [0.15, 0.2) is 0 Å². The lowest BCUT2D eigenvalue weighted by Gasteiger charge is -2.11. The summed E-state index contributed by atoms with van der Waals surface area (Å²) in [4.78, 5) is 0. The molecule has 1 aromatic rings. The van der Waals surface area contributed by atoms with Gasteiger partial charge in [0.1, 0.15) is 0 Å². The first-order valence-electron chi connectivity index (χ1n) is 7.02. The number of hydrogen-bond donors (Lipinski definition) is 1. The molecule has 0 unspecified atom stereocenters. The van der Waals surface area contributed by atoms with Gasteiger partial charge in [-0.05, 0) is 63.2 Å². The van der Waals surface area contributed by atoms with E-state index in [1.54, 1.807) is 0 Å². The van der Waals surface area contributed by atoms with Crippen molar-refractivity contribution in [3.63, 3.8) is 0 Å². The van der Waals surface area contributed by atoms with Crippen LogP contribution in [0.3, 0.4) is 0 Å². The zero-order chi connectivity index (χ0) is 12.1. The van der Waals surface area contributed by atoms with E-state index < -0.39 is 0 Å². The Kier molecular flexibility index (Phi) is 4.61. The Balaban J connectivity index is 1.70. The van der Waals surface area contributed by atoms with Gasteiger partial charge in [0.2, 0.25) is 0 Å². The minimum absolute atomic E-state index is 0.953. The molecule has 0 aromatic heterocycles. The van der Waals surface area contributed by atoms with Crippen molar-refractivity contribution >= 4 is 0 Å². The molecule has 0 aliphatic heterocycles. The first kappa shape index (κ1) is 12.6. The first-order chi connectivity index (χ1) is 8.25. The normalized spacial score (nSPS) is 16.6. The molecule has 0 saturated heterocycles. The van der Waals surface area contributed by atoms with Gasteiger partial charge in [-0.3, -0.25) is 0 Å². The Labute approximate surface area is 106 Å². The molecule has 0 amide bonds. The van der Waals surface area contributed by atoms with Crippen LogP contribution < -0.4 is 5.32 Å². The fourth-order valence-corrected chi connectivity index (χ4v) is 2.87. The smallest absolute Gasteiger partial charge is 0.000814 e. The van der Waals surface area contributed by atoms with E-state index in [2.05, 4.69) is 37.4 Å². The Hall–Kier alpha value is -0.820. The lowest BCUT2D eigenvalue weighted by Crippen LogP contribution is -2.23. The van der Waals surface area contributed by atoms with Crippen molar-refractivity contribution in [1.29, 1.82) is 0 Å². The van der Waals surface area contributed by atoms with Crippen LogP contribution in [0.4, 0.5) is 0 Å². The summed E-state index contributed by atoms with van der Waals surface area (Å²) in [5, 5.41) is 3.62. The summed E-state index contributed by atoms with van der Waals surface area (Å²) in [6, 6.07) is 6.79. The Morgan fingerprint density at radius 3 is 2.65 bits per heavy atom. The summed E-state index contributed by atoms with van der Waals surface area (Å²) in [5.41, 5.74) is 4.30. The van der Waals surface area contributed by atoms with Crippen LogP contribution in [-0.4, -0.2) is 13.1 Å². The van der Waals surface area contributed by atoms with E-state index in [4.69, 9.17) is 0 Å². The molecule has 17 heavy (non-hydrogen) atoms. The summed E-state index contributed by atoms with van der Waals surface area (Å²) in [6.45, 7) is 6.74. The lowest BCUT2D eigenvalue weighted by molar-refractivity contribution is 0.491. The van der Waals surface area contributed by atoms with Gasteiger partial charge in [0, 0.05) is 0 Å². The van der Waals surface area contributed by atoms with Crippen molar-refractivity contribution in [2.45, 2.75) is 46.0 Å². The highest BCUT2D eigenvalue weighted by molar-refractivity contribution is 5.30. The molecule has 1 heteroatoms. The van der Waals surface area contributed by atoms with Gasteiger partial charge in [0.05, 0.1) is 0 Å². The Morgan fingerprint density at radius 1 is 1.18 bits per heavy atom. The van der Waals surface area contributed by atoms with E-state index in [0.29, 0.717) is 0 Å². The standard InChI is InChI=1S/C16H25N/c1-13-7-8-16(14(2)11-13)9-10-17-12-15-5-3-4-6-15/h7-8,11,15,17H,3-6,9-10,12H2,1-2H3. The summed E-state index contributed by atoms with van der Waals surface area (Å²) in [6.07, 6.45) is 6.94. The summed E-state index contributed by atoms with van der Waals surface area (Å²) in [5.74, 6) is 0.953. The highest BCUT2D eigenvalue weighted by atomic mass is 14.9. The maximum absolute atomic E-state index is 3.62. The molecule has 0 bridgehead atoms. The minimum atomic E-state index is 0.953. The van der Waals surface area contributed by atoms with Crippen LogP contribution in [0, 0.1) is 19.8 Å². The monoisotopic (exact) mass is 231 g/mol. The quantitative estimate of drug-likeness (QED) is 0.763. The second kappa shape index (κ2) is 6.20. The Morgan fingerprint density at radius 2 is 1.94 bits per heavy atom. The maximum Gasteiger partial charge on any atom is -0.000814 e. The van der Waals surface area contributed by atoms with Crippen molar-refractivity contribution in [3.05, 3.63) is 34.9 Å². The van der Waals surface area contributed by atoms with Gasteiger partial charge in [-0.2, -0.15) is 0 Å². The van der Waals surface area contributed by atoms with Gasteiger partial charge < -0.3 is 5.32 Å². The largest absolute Gasteiger partial charge is 0.316 e. The van der Waals surface area contributed by atoms with Crippen molar-refractivity contribution < 1.29 is 0 Å². The third kappa shape index (κ3) is 3.85. The molecule has 1 aliphatic rings. The van der Waals surface area contributed by atoms with Crippen LogP contribution in [0.15, 0.2) is 18.2 Å². The molecule has 0 heterocycles. The third-order valence-electron chi connectivity index (χ3n) is 3.98. The molecular formula is C16H25N. The van der Waals surface area contributed by atoms with Gasteiger partial charge in [-0.15, -0.1) is 0 Å². The highest BCUT2D eigenvalue weighted by Gasteiger charge is 2.13. The van der Waals surface area contributed by atoms with Crippen LogP contribution >= 0.6 is 0 Å². The number of aryl methyl sites for hydroxylation is 2. The predicted molar refractivity (Wildman–Crippen MR) is 74.4 cm³/mol. The number of rotatable bonds is 5. The summed E-state index contributed by atoms with van der Waals surface area (Å²) >= 11 is 0. The van der Waals surface area contributed by atoms with Crippen molar-refractivity contribution in [3.8, 4) is 0 Å². The SMILES string of the molecule is Cc1ccc(CCNCC2CCCC2)c(C)c1. The van der Waals surface area contributed by atoms with Crippen LogP contribution in [0.5, 0.6) is 0 Å². The van der Waals surface area contributed by atoms with E-state index >= 15 is 0 Å². The topological polar surface area (TPSA) is 12.0 Å². The second-order valence-corrected chi connectivity index (χ2v) is 5.53. The van der Waals surface area contributed by atoms with Gasteiger partial charge in [-0.1, -0.05) is 36.6 Å². The third-order valence-corrected chi connectivity index (χ3v) is 3.98. The van der Waals surface area contributed by atoms with Crippen molar-refractivity contribution in [2.24, 2.45) is 5.92 Å². The lowest BCUT2D eigenvalue weighted by atomic mass is 10.0. The molecule has 1 N–H and O–H groups in total. The average Bonchev–Trinajstić information content (AvgIpc) is 2.79. The molecule has 2 rings (SSSR count). The van der Waals surface area contributed by atoms with E-state index in [9.17, 15) is 0 Å². The van der Waals surface area contributed by atoms with Crippen LogP contribution in [-0.2, 0) is 6.42 Å². The van der Waals surface area contributed by atoms with Gasteiger partial charge in [0.25, 0.3) is 0 Å². The van der Waals surface area contributed by atoms with E-state index in [0.717, 1.165) is 12.5 Å². The van der Waals surface area contributed by atoms with E-state index in [-0.39, 0.29) is 0 Å². The number of benzene rings is 1. The molecular weight excluding hydrogens is 206 g/mol. The predicted octanol–water partition coefficient (Wildman–Crippen LogP) is 3.63. The van der Waals surface area contributed by atoms with E-state index in [1.165, 1.54) is 55.3 Å². The fourth-order valence-electron chi connectivity index (χ4n) is 2.87.